The molecule has 4 rings (SSSR count). The lowest BCUT2D eigenvalue weighted by molar-refractivity contribution is 0.419. The van der Waals surface area contributed by atoms with E-state index in [0.717, 1.165) is 42.2 Å². The largest absolute Gasteiger partial charge is 0.376 e. The summed E-state index contributed by atoms with van der Waals surface area (Å²) in [7, 11) is 0. The quantitative estimate of drug-likeness (QED) is 0.624. The molecule has 1 aromatic carbocycles. The fraction of sp³-hybridized carbons (Fsp3) is 0.409. The van der Waals surface area contributed by atoms with Crippen LogP contribution in [0.15, 0.2) is 47.3 Å². The predicted octanol–water partition coefficient (Wildman–Crippen LogP) is 4.86. The highest BCUT2D eigenvalue weighted by molar-refractivity contribution is 7.11. The van der Waals surface area contributed by atoms with Gasteiger partial charge < -0.3 is 10.2 Å². The number of nitrogens with zero attached hydrogens (tertiary/aromatic N) is 4. The second kappa shape index (κ2) is 8.40. The third kappa shape index (κ3) is 4.37. The van der Waals surface area contributed by atoms with Crippen molar-refractivity contribution in [2.45, 2.75) is 45.2 Å². The van der Waals surface area contributed by atoms with E-state index in [0.29, 0.717) is 10.8 Å². The van der Waals surface area contributed by atoms with Gasteiger partial charge >= 0.3 is 0 Å². The van der Waals surface area contributed by atoms with E-state index in [-0.39, 0.29) is 17.1 Å². The molecule has 30 heavy (non-hydrogen) atoms. The third-order valence-electron chi connectivity index (χ3n) is 5.24. The molecule has 0 unspecified atom stereocenters. The summed E-state index contributed by atoms with van der Waals surface area (Å²) in [5.74, 6) is 0.841. The van der Waals surface area contributed by atoms with E-state index in [2.05, 4.69) is 53.3 Å². The Hall–Kier alpha value is -2.38. The van der Waals surface area contributed by atoms with Crippen molar-refractivity contribution in [2.75, 3.05) is 23.3 Å². The number of halogens is 1. The van der Waals surface area contributed by atoms with E-state index in [1.807, 2.05) is 28.2 Å². The van der Waals surface area contributed by atoms with E-state index in [1.54, 1.807) is 6.07 Å². The number of rotatable bonds is 4. The molecule has 1 fully saturated rings. The van der Waals surface area contributed by atoms with Gasteiger partial charge in [-0.15, -0.1) is 10.2 Å². The van der Waals surface area contributed by atoms with E-state index in [9.17, 15) is 4.79 Å². The first-order valence-corrected chi connectivity index (χ1v) is 11.3. The lowest BCUT2D eigenvalue weighted by Gasteiger charge is -2.33. The van der Waals surface area contributed by atoms with E-state index in [4.69, 9.17) is 11.6 Å². The highest BCUT2D eigenvalue weighted by Gasteiger charge is 2.27. The van der Waals surface area contributed by atoms with Gasteiger partial charge in [0, 0.05) is 19.1 Å². The first-order chi connectivity index (χ1) is 14.3. The van der Waals surface area contributed by atoms with Crippen molar-refractivity contribution in [3.63, 3.8) is 0 Å². The van der Waals surface area contributed by atoms with Crippen LogP contribution in [-0.4, -0.2) is 33.3 Å². The van der Waals surface area contributed by atoms with Crippen LogP contribution in [0.5, 0.6) is 0 Å². The van der Waals surface area contributed by atoms with Crippen LogP contribution in [0.4, 0.5) is 11.5 Å². The first-order valence-electron chi connectivity index (χ1n) is 10.2. The molecule has 0 spiro atoms. The van der Waals surface area contributed by atoms with E-state index < -0.39 is 0 Å². The van der Waals surface area contributed by atoms with Gasteiger partial charge in [-0.2, -0.15) is 0 Å². The predicted molar refractivity (Wildman–Crippen MR) is 125 cm³/mol. The summed E-state index contributed by atoms with van der Waals surface area (Å²) < 4.78 is 1.87. The molecule has 8 heteroatoms. The summed E-state index contributed by atoms with van der Waals surface area (Å²) >= 11 is 7.38. The van der Waals surface area contributed by atoms with Crippen LogP contribution in [0.25, 0.3) is 10.4 Å². The minimum absolute atomic E-state index is 0.0531. The monoisotopic (exact) mass is 443 g/mol. The number of hydrogen-bond acceptors (Lipinski definition) is 6. The molecule has 1 saturated heterocycles. The Morgan fingerprint density at radius 3 is 2.37 bits per heavy atom. The molecule has 2 aromatic heterocycles. The van der Waals surface area contributed by atoms with Gasteiger partial charge in [0.05, 0.1) is 10.4 Å². The third-order valence-corrected chi connectivity index (χ3v) is 6.96. The molecule has 0 amide bonds. The smallest absolute Gasteiger partial charge is 0.285 e. The van der Waals surface area contributed by atoms with Crippen LogP contribution >= 0.6 is 23.1 Å². The molecule has 0 bridgehead atoms. The van der Waals surface area contributed by atoms with Crippen molar-refractivity contribution in [1.29, 1.82) is 0 Å². The first kappa shape index (κ1) is 20.9. The minimum Gasteiger partial charge on any atom is -0.376 e. The average molecular weight is 444 g/mol. The normalized spacial score (nSPS) is 15.4. The van der Waals surface area contributed by atoms with Gasteiger partial charge in [-0.1, -0.05) is 53.5 Å². The van der Waals surface area contributed by atoms with Crippen molar-refractivity contribution in [2.24, 2.45) is 0 Å². The van der Waals surface area contributed by atoms with Gasteiger partial charge in [0.2, 0.25) is 0 Å². The second-order valence-electron chi connectivity index (χ2n) is 8.55. The number of hydrogen-bond donors (Lipinski definition) is 1. The Morgan fingerprint density at radius 2 is 1.77 bits per heavy atom. The van der Waals surface area contributed by atoms with Gasteiger partial charge in [0.1, 0.15) is 5.69 Å². The summed E-state index contributed by atoms with van der Waals surface area (Å²) in [5, 5.41) is 12.1. The summed E-state index contributed by atoms with van der Waals surface area (Å²) in [6.07, 6.45) is 1.84. The fourth-order valence-corrected chi connectivity index (χ4v) is 4.88. The van der Waals surface area contributed by atoms with Gasteiger partial charge in [-0.05, 0) is 51.3 Å². The zero-order chi connectivity index (χ0) is 21.3. The number of aromatic nitrogens is 3. The maximum Gasteiger partial charge on any atom is 0.285 e. The molecule has 3 heterocycles. The Balaban J connectivity index is 1.55. The molecule has 6 nitrogen and oxygen atoms in total. The van der Waals surface area contributed by atoms with E-state index in [1.165, 1.54) is 11.5 Å². The van der Waals surface area contributed by atoms with Crippen LogP contribution in [0.2, 0.25) is 5.15 Å². The van der Waals surface area contributed by atoms with E-state index >= 15 is 0 Å². The van der Waals surface area contributed by atoms with Gasteiger partial charge in [-0.3, -0.25) is 8.75 Å². The van der Waals surface area contributed by atoms with Crippen LogP contribution in [-0.2, 0) is 5.54 Å². The Labute approximate surface area is 185 Å². The van der Waals surface area contributed by atoms with Crippen LogP contribution in [0, 0.1) is 0 Å². The van der Waals surface area contributed by atoms with Crippen LogP contribution in [0.3, 0.4) is 0 Å². The highest BCUT2D eigenvalue weighted by atomic mass is 35.5. The molecule has 0 saturated carbocycles. The molecular weight excluding hydrogens is 418 g/mol. The zero-order valence-corrected chi connectivity index (χ0v) is 19.0. The molecular formula is C22H26ClN5OS. The molecule has 0 radical (unpaired) electrons. The van der Waals surface area contributed by atoms with Crippen LogP contribution < -0.4 is 15.8 Å². The lowest BCUT2D eigenvalue weighted by Crippen LogP contribution is -2.40. The number of piperidine rings is 1. The van der Waals surface area contributed by atoms with Gasteiger partial charge in [0.15, 0.2) is 11.0 Å². The summed E-state index contributed by atoms with van der Waals surface area (Å²) in [4.78, 5) is 16.5. The topological polar surface area (TPSA) is 63.1 Å². The molecule has 158 valence electrons. The van der Waals surface area contributed by atoms with Crippen LogP contribution in [0.1, 0.15) is 33.6 Å². The average Bonchev–Trinajstić information content (AvgIpc) is 3.06. The zero-order valence-electron chi connectivity index (χ0n) is 17.4. The summed E-state index contributed by atoms with van der Waals surface area (Å²) in [5.41, 5.74) is 1.57. The van der Waals surface area contributed by atoms with Gasteiger partial charge in [-0.25, -0.2) is 0 Å². The molecule has 1 aliphatic rings. The van der Waals surface area contributed by atoms with Gasteiger partial charge in [0.25, 0.3) is 5.56 Å². The summed E-state index contributed by atoms with van der Waals surface area (Å²) in [6.45, 7) is 7.90. The standard InChI is InChI=1S/C22H26ClN5OS/c1-22(2,3)28-21(29)19(20(30-28)15-7-5-4-6-8-15)24-16-11-13-27(14-12-16)18-10-9-17(23)25-26-18/h4-10,16,24H,11-14H2,1-3H3. The molecule has 0 atom stereocenters. The number of nitrogens with one attached hydrogen (secondary N) is 1. The Morgan fingerprint density at radius 1 is 1.07 bits per heavy atom. The molecule has 1 N–H and O–H groups in total. The second-order valence-corrected chi connectivity index (χ2v) is 9.89. The fourth-order valence-electron chi connectivity index (χ4n) is 3.67. The molecule has 3 aromatic rings. The molecule has 1 aliphatic heterocycles. The van der Waals surface area contributed by atoms with Crippen molar-refractivity contribution in [3.05, 3.63) is 58.0 Å². The maximum atomic E-state index is 13.3. The highest BCUT2D eigenvalue weighted by Crippen LogP contribution is 2.34. The van der Waals surface area contributed by atoms with Crippen molar-refractivity contribution >= 4 is 34.6 Å². The minimum atomic E-state index is -0.262. The Kier molecular flexibility index (Phi) is 5.84. The van der Waals surface area contributed by atoms with Crippen molar-refractivity contribution < 1.29 is 0 Å². The van der Waals surface area contributed by atoms with Crippen molar-refractivity contribution in [1.82, 2.24) is 14.2 Å². The number of anilines is 2. The summed E-state index contributed by atoms with van der Waals surface area (Å²) in [6, 6.07) is 14.0. The number of benzene rings is 1. The SMILES string of the molecule is CC(C)(C)n1sc(-c2ccccc2)c(NC2CCN(c3ccc(Cl)nn3)CC2)c1=O. The van der Waals surface area contributed by atoms with Crippen molar-refractivity contribution in [3.8, 4) is 10.4 Å². The molecule has 0 aliphatic carbocycles. The maximum absolute atomic E-state index is 13.3. The Bertz CT molecular complexity index is 1050. The lowest BCUT2D eigenvalue weighted by atomic mass is 10.0.